The maximum absolute atomic E-state index is 10.2. The Bertz CT molecular complexity index is 442. The van der Waals surface area contributed by atoms with Gasteiger partial charge in [-0.3, -0.25) is 14.1 Å². The van der Waals surface area contributed by atoms with E-state index < -0.39 is 33.7 Å². The number of carboxylic acid groups (broad SMARTS) is 2. The number of ether oxygens (including phenoxy) is 1. The summed E-state index contributed by atoms with van der Waals surface area (Å²) >= 11 is 0.979. The molecule has 0 aromatic carbocycles. The van der Waals surface area contributed by atoms with E-state index in [-0.39, 0.29) is 0 Å². The van der Waals surface area contributed by atoms with Gasteiger partial charge < -0.3 is 10.2 Å². The van der Waals surface area contributed by atoms with Crippen molar-refractivity contribution in [3.8, 4) is 0 Å². The van der Waals surface area contributed by atoms with Gasteiger partial charge in [-0.2, -0.15) is 8.42 Å². The first kappa shape index (κ1) is 27.7. The fourth-order valence-electron chi connectivity index (χ4n) is 1.89. The monoisotopic (exact) mass is 408 g/mol. The van der Waals surface area contributed by atoms with Crippen molar-refractivity contribution in [3.63, 3.8) is 0 Å². The minimum atomic E-state index is -4.84. The van der Waals surface area contributed by atoms with E-state index in [0.29, 0.717) is 0 Å². The van der Waals surface area contributed by atoms with Crippen LogP contribution in [0.5, 0.6) is 0 Å². The van der Waals surface area contributed by atoms with E-state index in [1.54, 1.807) is 0 Å². The van der Waals surface area contributed by atoms with Crippen molar-refractivity contribution in [2.75, 3.05) is 13.2 Å². The van der Waals surface area contributed by atoms with E-state index in [1.165, 1.54) is 45.5 Å². The number of hydrogen-bond donors (Lipinski definition) is 3. The second-order valence-corrected chi connectivity index (χ2v) is 8.83. The van der Waals surface area contributed by atoms with Crippen LogP contribution in [-0.4, -0.2) is 103 Å². The Morgan fingerprint density at radius 2 is 1.52 bits per heavy atom. The van der Waals surface area contributed by atoms with Gasteiger partial charge in [0, 0.05) is 0 Å². The molecule has 1 atom stereocenters. The average molecular weight is 409 g/mol. The largest absolute Gasteiger partial charge is 0.481 e. The van der Waals surface area contributed by atoms with Crippen LogP contribution in [0.1, 0.15) is 58.3 Å². The quantitative estimate of drug-likeness (QED) is 0.226. The summed E-state index contributed by atoms with van der Waals surface area (Å²) in [5, 5.41) is 13.9. The number of rotatable bonds is 14. The smallest absolute Gasteiger partial charge is 0.325 e. The Morgan fingerprint density at radius 3 is 1.88 bits per heavy atom. The van der Waals surface area contributed by atoms with E-state index in [1.807, 2.05) is 0 Å². The van der Waals surface area contributed by atoms with E-state index in [2.05, 4.69) is 6.92 Å². The summed E-state index contributed by atoms with van der Waals surface area (Å²) in [6.07, 6.45) is 8.52. The molecule has 1 unspecified atom stereocenters. The molecule has 0 saturated heterocycles. The summed E-state index contributed by atoms with van der Waals surface area (Å²) < 4.78 is 35.5. The van der Waals surface area contributed by atoms with Crippen molar-refractivity contribution < 1.29 is 37.5 Å². The maximum atomic E-state index is 10.2. The molecule has 25 heavy (non-hydrogen) atoms. The molecule has 10 heteroatoms. The molecule has 0 rings (SSSR count). The van der Waals surface area contributed by atoms with Crippen LogP contribution >= 0.6 is 0 Å². The Labute approximate surface area is 184 Å². The van der Waals surface area contributed by atoms with Crippen molar-refractivity contribution in [1.82, 2.24) is 0 Å². The van der Waals surface area contributed by atoms with E-state index in [0.717, 1.165) is 62.2 Å². The van der Waals surface area contributed by atoms with Gasteiger partial charge in [-0.25, -0.2) is 0 Å². The Hall–Kier alpha value is 0.446. The van der Waals surface area contributed by atoms with E-state index >= 15 is 0 Å². The van der Waals surface area contributed by atoms with Crippen molar-refractivity contribution in [1.29, 1.82) is 0 Å². The SMILES string of the molecule is CCCCCCCCCOC[CH2][K].O=C(O)CC(C(=O)O)S(=O)(=O)O. The molecule has 0 heterocycles. The van der Waals surface area contributed by atoms with Crippen LogP contribution in [0.2, 0.25) is 0.515 Å². The molecule has 8 nitrogen and oxygen atoms in total. The summed E-state index contributed by atoms with van der Waals surface area (Å²) in [7, 11) is -4.84. The van der Waals surface area contributed by atoms with Crippen LogP contribution in [0.4, 0.5) is 0 Å². The second kappa shape index (κ2) is 17.8. The molecule has 0 amide bonds. The average Bonchev–Trinajstić information content (AvgIpc) is 2.50. The molecular weight excluding hydrogens is 379 g/mol. The van der Waals surface area contributed by atoms with Gasteiger partial charge in [-0.15, -0.1) is 0 Å². The summed E-state index contributed by atoms with van der Waals surface area (Å²) in [5.74, 6) is -3.50. The summed E-state index contributed by atoms with van der Waals surface area (Å²) in [5.41, 5.74) is 0. The van der Waals surface area contributed by atoms with Crippen LogP contribution < -0.4 is 0 Å². The Balaban J connectivity index is 0. The summed E-state index contributed by atoms with van der Waals surface area (Å²) in [6.45, 7) is 4.29. The zero-order valence-corrected chi connectivity index (χ0v) is 19.1. The first-order valence-electron chi connectivity index (χ1n) is 8.65. The summed E-state index contributed by atoms with van der Waals surface area (Å²) in [4.78, 5) is 20.0. The van der Waals surface area contributed by atoms with Gasteiger partial charge in [-0.05, 0) is 0 Å². The minimum absolute atomic E-state index is 0.979. The van der Waals surface area contributed by atoms with Gasteiger partial charge in [0.05, 0.1) is 6.42 Å². The molecule has 0 aliphatic rings. The van der Waals surface area contributed by atoms with Crippen LogP contribution in [0.3, 0.4) is 0 Å². The molecule has 3 N–H and O–H groups in total. The predicted octanol–water partition coefficient (Wildman–Crippen LogP) is 2.14. The van der Waals surface area contributed by atoms with Crippen molar-refractivity contribution in [2.45, 2.75) is 64.1 Å². The maximum Gasteiger partial charge on any atom is 0.325 e. The zero-order valence-electron chi connectivity index (χ0n) is 15.1. The van der Waals surface area contributed by atoms with Gasteiger partial charge in [0.1, 0.15) is 0 Å². The molecule has 0 aliphatic heterocycles. The van der Waals surface area contributed by atoms with Crippen LogP contribution in [0.15, 0.2) is 0 Å². The molecule has 0 saturated carbocycles. The third kappa shape index (κ3) is 20.6. The first-order chi connectivity index (χ1) is 11.7. The number of aliphatic carboxylic acids is 2. The molecule has 0 aromatic rings. The van der Waals surface area contributed by atoms with Crippen LogP contribution in [-0.2, 0) is 24.4 Å². The fraction of sp³-hybridized carbons (Fsp3) is 0.867. The normalized spacial score (nSPS) is 12.2. The number of carboxylic acids is 2. The molecule has 0 aliphatic carbocycles. The number of unbranched alkanes of at least 4 members (excludes halogenated alkanes) is 6. The van der Waals surface area contributed by atoms with Gasteiger partial charge in [0.15, 0.2) is 5.25 Å². The van der Waals surface area contributed by atoms with Crippen molar-refractivity contribution >= 4 is 71.0 Å². The van der Waals surface area contributed by atoms with Crippen molar-refractivity contribution in [3.05, 3.63) is 0 Å². The number of carbonyl (C=O) groups is 2. The number of hydrogen-bond acceptors (Lipinski definition) is 5. The summed E-state index contributed by atoms with van der Waals surface area (Å²) in [6, 6.07) is 0. The molecule has 0 bridgehead atoms. The van der Waals surface area contributed by atoms with Crippen LogP contribution in [0.25, 0.3) is 0 Å². The molecule has 0 spiro atoms. The predicted molar refractivity (Wildman–Crippen MR) is 94.6 cm³/mol. The standard InChI is InChI=1S/C11H23O.C4H6O7S.K/c1-3-5-6-7-8-9-10-11-12-4-2;5-3(6)1-2(4(7)8)12(9,10)11;/h2-11H2,1H3;2H,1H2,(H,5,6)(H,7,8)(H,9,10,11);. The van der Waals surface area contributed by atoms with Crippen molar-refractivity contribution in [2.24, 2.45) is 0 Å². The minimum Gasteiger partial charge on any atom is -0.481 e. The molecular formula is C15H29KO8S. The third-order valence-corrected chi connectivity index (χ3v) is 4.96. The molecule has 144 valence electrons. The van der Waals surface area contributed by atoms with Gasteiger partial charge in [0.25, 0.3) is 10.1 Å². The zero-order chi connectivity index (χ0) is 19.7. The van der Waals surface area contributed by atoms with Gasteiger partial charge in [0.2, 0.25) is 0 Å². The van der Waals surface area contributed by atoms with E-state index in [9.17, 15) is 18.0 Å². The van der Waals surface area contributed by atoms with E-state index in [4.69, 9.17) is 19.5 Å². The third-order valence-electron chi connectivity index (χ3n) is 3.24. The molecule has 0 fully saturated rings. The van der Waals surface area contributed by atoms with Gasteiger partial charge in [-0.1, -0.05) is 0 Å². The Morgan fingerprint density at radius 1 is 1.00 bits per heavy atom. The molecule has 0 radical (unpaired) electrons. The molecule has 0 aromatic heterocycles. The first-order valence-corrected chi connectivity index (χ1v) is 12.4. The Kier molecular flexibility index (Phi) is 19.7. The fourth-order valence-corrected chi connectivity index (χ4v) is 2.95. The van der Waals surface area contributed by atoms with Gasteiger partial charge >= 0.3 is 131 Å². The van der Waals surface area contributed by atoms with Crippen LogP contribution in [0, 0.1) is 0 Å². The topological polar surface area (TPSA) is 138 Å². The second-order valence-electron chi connectivity index (χ2n) is 5.67.